The fourth-order valence-electron chi connectivity index (χ4n) is 4.08. The minimum absolute atomic E-state index is 0.0137. The van der Waals surface area contributed by atoms with Crippen LogP contribution in [0.2, 0.25) is 0 Å². The molecule has 3 aromatic carbocycles. The van der Waals surface area contributed by atoms with Crippen molar-refractivity contribution in [1.82, 2.24) is 4.90 Å². The Morgan fingerprint density at radius 1 is 0.750 bits per heavy atom. The number of carbonyl (C=O) groups is 2. The monoisotopic (exact) mass is 489 g/mol. The second-order valence-corrected chi connectivity index (χ2v) is 8.02. The van der Waals surface area contributed by atoms with Gasteiger partial charge in [0.25, 0.3) is 11.7 Å². The molecule has 8 nitrogen and oxygen atoms in total. The summed E-state index contributed by atoms with van der Waals surface area (Å²) in [4.78, 5) is 27.7. The van der Waals surface area contributed by atoms with E-state index in [0.29, 0.717) is 34.1 Å². The van der Waals surface area contributed by atoms with Gasteiger partial charge in [0, 0.05) is 5.56 Å². The van der Waals surface area contributed by atoms with Gasteiger partial charge in [-0.1, -0.05) is 12.1 Å². The molecule has 36 heavy (non-hydrogen) atoms. The van der Waals surface area contributed by atoms with E-state index in [-0.39, 0.29) is 24.5 Å². The first-order valence-corrected chi connectivity index (χ1v) is 11.3. The minimum Gasteiger partial charge on any atom is -0.507 e. The zero-order valence-corrected chi connectivity index (χ0v) is 20.3. The number of nitrogens with zero attached hydrogens (tertiary/aromatic N) is 1. The summed E-state index contributed by atoms with van der Waals surface area (Å²) >= 11 is 0. The smallest absolute Gasteiger partial charge is 0.295 e. The summed E-state index contributed by atoms with van der Waals surface area (Å²) in [5.74, 6) is 0.828. The third-order valence-corrected chi connectivity index (χ3v) is 6.00. The van der Waals surface area contributed by atoms with Gasteiger partial charge in [-0.25, -0.2) is 0 Å². The van der Waals surface area contributed by atoms with Crippen molar-refractivity contribution in [3.63, 3.8) is 0 Å². The number of ketones is 1. The van der Waals surface area contributed by atoms with Crippen LogP contribution < -0.4 is 18.9 Å². The number of aliphatic hydroxyl groups excluding tert-OH is 1. The van der Waals surface area contributed by atoms with Crippen LogP contribution in [0.3, 0.4) is 0 Å². The fourth-order valence-corrected chi connectivity index (χ4v) is 4.08. The predicted molar refractivity (Wildman–Crippen MR) is 133 cm³/mol. The molecule has 0 radical (unpaired) electrons. The van der Waals surface area contributed by atoms with E-state index in [2.05, 4.69) is 0 Å². The largest absolute Gasteiger partial charge is 0.507 e. The van der Waals surface area contributed by atoms with Gasteiger partial charge in [0.15, 0.2) is 0 Å². The van der Waals surface area contributed by atoms with Crippen LogP contribution in [0.1, 0.15) is 17.2 Å². The van der Waals surface area contributed by atoms with Gasteiger partial charge in [-0.3, -0.25) is 9.59 Å². The van der Waals surface area contributed by atoms with Crippen molar-refractivity contribution in [3.05, 3.63) is 89.5 Å². The molecule has 0 bridgehead atoms. The molecule has 1 aliphatic heterocycles. The van der Waals surface area contributed by atoms with Crippen LogP contribution in [-0.2, 0) is 9.59 Å². The molecule has 1 heterocycles. The number of ether oxygens (including phenoxy) is 4. The van der Waals surface area contributed by atoms with Crippen molar-refractivity contribution in [1.29, 1.82) is 0 Å². The molecule has 186 valence electrons. The van der Waals surface area contributed by atoms with Gasteiger partial charge in [-0.2, -0.15) is 0 Å². The number of rotatable bonds is 9. The van der Waals surface area contributed by atoms with Gasteiger partial charge < -0.3 is 29.0 Å². The summed E-state index contributed by atoms with van der Waals surface area (Å²) in [7, 11) is 4.68. The number of aliphatic hydroxyl groups is 1. The Labute approximate surface area is 209 Å². The Kier molecular flexibility index (Phi) is 7.44. The molecule has 0 spiro atoms. The van der Waals surface area contributed by atoms with E-state index in [9.17, 15) is 14.7 Å². The number of hydrogen-bond donors (Lipinski definition) is 1. The molecule has 1 N–H and O–H groups in total. The van der Waals surface area contributed by atoms with E-state index < -0.39 is 17.7 Å². The highest BCUT2D eigenvalue weighted by Crippen LogP contribution is 2.39. The van der Waals surface area contributed by atoms with Gasteiger partial charge in [0.2, 0.25) is 0 Å². The van der Waals surface area contributed by atoms with Crippen LogP contribution >= 0.6 is 0 Å². The van der Waals surface area contributed by atoms with E-state index >= 15 is 0 Å². The molecule has 1 fully saturated rings. The van der Waals surface area contributed by atoms with Crippen LogP contribution in [0.4, 0.5) is 0 Å². The van der Waals surface area contributed by atoms with Gasteiger partial charge >= 0.3 is 0 Å². The second kappa shape index (κ2) is 10.9. The van der Waals surface area contributed by atoms with Gasteiger partial charge in [0.05, 0.1) is 39.5 Å². The highest BCUT2D eigenvalue weighted by molar-refractivity contribution is 6.46. The zero-order valence-electron chi connectivity index (χ0n) is 20.3. The molecular weight excluding hydrogens is 462 g/mol. The van der Waals surface area contributed by atoms with Crippen molar-refractivity contribution in [2.45, 2.75) is 6.04 Å². The Balaban J connectivity index is 1.66. The van der Waals surface area contributed by atoms with Gasteiger partial charge in [-0.05, 0) is 66.2 Å². The van der Waals surface area contributed by atoms with E-state index in [1.165, 1.54) is 12.0 Å². The van der Waals surface area contributed by atoms with Crippen molar-refractivity contribution >= 4 is 17.4 Å². The normalized spacial score (nSPS) is 16.6. The summed E-state index contributed by atoms with van der Waals surface area (Å²) in [6.07, 6.45) is 0. The highest BCUT2D eigenvalue weighted by atomic mass is 16.5. The van der Waals surface area contributed by atoms with Crippen LogP contribution in [0.15, 0.2) is 78.4 Å². The highest BCUT2D eigenvalue weighted by Gasteiger charge is 2.46. The van der Waals surface area contributed by atoms with E-state index in [1.807, 2.05) is 0 Å². The molecule has 1 unspecified atom stereocenters. The lowest BCUT2D eigenvalue weighted by atomic mass is 9.95. The Bertz CT molecular complexity index is 1250. The third-order valence-electron chi connectivity index (χ3n) is 6.00. The van der Waals surface area contributed by atoms with Crippen LogP contribution in [0, 0.1) is 0 Å². The molecule has 0 aromatic heterocycles. The maximum atomic E-state index is 13.2. The number of carbonyl (C=O) groups excluding carboxylic acids is 2. The Morgan fingerprint density at radius 3 is 1.75 bits per heavy atom. The molecule has 1 amide bonds. The molecule has 3 aromatic rings. The maximum Gasteiger partial charge on any atom is 0.295 e. The minimum atomic E-state index is -0.794. The molecule has 1 aliphatic rings. The summed E-state index contributed by atoms with van der Waals surface area (Å²) in [5, 5.41) is 11.1. The lowest BCUT2D eigenvalue weighted by molar-refractivity contribution is -0.140. The van der Waals surface area contributed by atoms with Crippen molar-refractivity contribution < 1.29 is 33.6 Å². The van der Waals surface area contributed by atoms with Crippen molar-refractivity contribution in [2.75, 3.05) is 34.5 Å². The van der Waals surface area contributed by atoms with Crippen LogP contribution in [0.5, 0.6) is 23.0 Å². The third kappa shape index (κ3) is 4.98. The standard InChI is InChI=1S/C28H27NO7/c1-33-20-8-4-18(5-9-20)25-24(26(30)19-6-10-21(34-2)11-7-19)27(31)28(32)29(25)16-17-36-23-14-12-22(35-3)13-15-23/h4-15,25,30H,16-17H2,1-3H3/b26-24-. The number of likely N-dealkylation sites (tertiary alicyclic amines) is 1. The second-order valence-electron chi connectivity index (χ2n) is 8.02. The summed E-state index contributed by atoms with van der Waals surface area (Å²) in [6.45, 7) is 0.279. The zero-order chi connectivity index (χ0) is 25.7. The van der Waals surface area contributed by atoms with Gasteiger partial charge in [0.1, 0.15) is 35.4 Å². The quantitative estimate of drug-likeness (QED) is 0.273. The number of amides is 1. The number of benzene rings is 3. The lowest BCUT2D eigenvalue weighted by Crippen LogP contribution is -2.33. The summed E-state index contributed by atoms with van der Waals surface area (Å²) in [6, 6.07) is 19.9. The molecule has 1 saturated heterocycles. The van der Waals surface area contributed by atoms with E-state index in [1.54, 1.807) is 87.0 Å². The number of hydrogen-bond acceptors (Lipinski definition) is 7. The number of methoxy groups -OCH3 is 3. The Morgan fingerprint density at radius 2 is 1.22 bits per heavy atom. The summed E-state index contributed by atoms with van der Waals surface area (Å²) < 4.78 is 21.4. The van der Waals surface area contributed by atoms with E-state index in [4.69, 9.17) is 18.9 Å². The average Bonchev–Trinajstić information content (AvgIpc) is 3.18. The topological polar surface area (TPSA) is 94.5 Å². The molecule has 0 aliphatic carbocycles. The maximum absolute atomic E-state index is 13.2. The molecule has 1 atom stereocenters. The molecular formula is C28H27NO7. The van der Waals surface area contributed by atoms with Gasteiger partial charge in [-0.15, -0.1) is 0 Å². The SMILES string of the molecule is COc1ccc(OCCN2C(=O)C(=O)/C(=C(\O)c3ccc(OC)cc3)C2c2ccc(OC)cc2)cc1. The molecule has 8 heteroatoms. The Hall–Kier alpha value is -4.46. The first kappa shape index (κ1) is 24.7. The first-order valence-electron chi connectivity index (χ1n) is 11.3. The van der Waals surface area contributed by atoms with Crippen molar-refractivity contribution in [3.8, 4) is 23.0 Å². The molecule has 0 saturated carbocycles. The van der Waals surface area contributed by atoms with Crippen LogP contribution in [-0.4, -0.2) is 56.2 Å². The number of Topliss-reactive ketones (excluding diaryl/α,β-unsaturated/α-hetero) is 1. The van der Waals surface area contributed by atoms with Crippen LogP contribution in [0.25, 0.3) is 5.76 Å². The lowest BCUT2D eigenvalue weighted by Gasteiger charge is -2.25. The summed E-state index contributed by atoms with van der Waals surface area (Å²) in [5.41, 5.74) is 1.08. The first-order chi connectivity index (χ1) is 17.5. The predicted octanol–water partition coefficient (Wildman–Crippen LogP) is 4.21. The van der Waals surface area contributed by atoms with E-state index in [0.717, 1.165) is 0 Å². The molecule has 4 rings (SSSR count). The van der Waals surface area contributed by atoms with Crippen molar-refractivity contribution in [2.24, 2.45) is 0 Å². The fraction of sp³-hybridized carbons (Fsp3) is 0.214. The average molecular weight is 490 g/mol.